The summed E-state index contributed by atoms with van der Waals surface area (Å²) in [4.78, 5) is 15.4. The number of carbonyl (C=O) groups is 1. The minimum Gasteiger partial charge on any atom is -0.266 e. The van der Waals surface area contributed by atoms with Crippen LogP contribution in [0.4, 0.5) is 0 Å². The molecule has 0 spiro atoms. The second-order valence-corrected chi connectivity index (χ2v) is 4.74. The Hall–Kier alpha value is -1.43. The van der Waals surface area contributed by atoms with E-state index in [2.05, 4.69) is 15.5 Å². The number of nitrogens with zero attached hydrogens (tertiary/aromatic N) is 2. The number of halogens is 2. The van der Waals surface area contributed by atoms with Crippen molar-refractivity contribution in [3.63, 3.8) is 0 Å². The summed E-state index contributed by atoms with van der Waals surface area (Å²) in [5.41, 5.74) is 4.80. The van der Waals surface area contributed by atoms with Crippen molar-refractivity contribution in [1.82, 2.24) is 10.4 Å². The van der Waals surface area contributed by atoms with E-state index in [0.717, 1.165) is 0 Å². The Morgan fingerprint density at radius 3 is 2.72 bits per heavy atom. The van der Waals surface area contributed by atoms with Crippen molar-refractivity contribution < 1.29 is 4.79 Å². The molecule has 0 bridgehead atoms. The molecule has 1 aromatic heterocycles. The standard InChI is InChI=1S/C11H7Cl2N3OS/c12-8-2-1-3-9(13)7(8)4-15-16-11(17)10-5-18-6-14-10/h1-6H,(H,16,17)/b15-4+. The monoisotopic (exact) mass is 299 g/mol. The predicted octanol–water partition coefficient (Wildman–Crippen LogP) is 3.21. The number of hydrogen-bond donors (Lipinski definition) is 1. The van der Waals surface area contributed by atoms with E-state index in [9.17, 15) is 4.79 Å². The molecule has 0 fully saturated rings. The molecule has 92 valence electrons. The van der Waals surface area contributed by atoms with Gasteiger partial charge in [0, 0.05) is 10.9 Å². The summed E-state index contributed by atoms with van der Waals surface area (Å²) < 4.78 is 0. The van der Waals surface area contributed by atoms with Gasteiger partial charge in [-0.1, -0.05) is 29.3 Å². The molecule has 18 heavy (non-hydrogen) atoms. The van der Waals surface area contributed by atoms with Gasteiger partial charge in [0.15, 0.2) is 0 Å². The molecule has 0 aliphatic rings. The SMILES string of the molecule is O=C(N/N=C/c1c(Cl)cccc1Cl)c1cscn1. The first-order valence-electron chi connectivity index (χ1n) is 4.84. The summed E-state index contributed by atoms with van der Waals surface area (Å²) in [7, 11) is 0. The lowest BCUT2D eigenvalue weighted by atomic mass is 10.2. The lowest BCUT2D eigenvalue weighted by Gasteiger charge is -2.00. The van der Waals surface area contributed by atoms with E-state index in [-0.39, 0.29) is 5.91 Å². The van der Waals surface area contributed by atoms with E-state index in [1.165, 1.54) is 17.6 Å². The van der Waals surface area contributed by atoms with Crippen LogP contribution >= 0.6 is 34.5 Å². The molecule has 1 aromatic carbocycles. The fourth-order valence-corrected chi connectivity index (χ4v) is 2.20. The summed E-state index contributed by atoms with van der Waals surface area (Å²) in [5, 5.41) is 6.36. The molecule has 0 saturated carbocycles. The molecular weight excluding hydrogens is 293 g/mol. The Kier molecular flexibility index (Phi) is 4.30. The van der Waals surface area contributed by atoms with Gasteiger partial charge in [0.2, 0.25) is 0 Å². The molecule has 4 nitrogen and oxygen atoms in total. The Bertz CT molecular complexity index is 564. The van der Waals surface area contributed by atoms with Gasteiger partial charge in [0.25, 0.3) is 5.91 Å². The highest BCUT2D eigenvalue weighted by Gasteiger charge is 2.06. The molecule has 1 heterocycles. The van der Waals surface area contributed by atoms with Crippen molar-refractivity contribution in [1.29, 1.82) is 0 Å². The Balaban J connectivity index is 2.06. The fraction of sp³-hybridized carbons (Fsp3) is 0. The first-order valence-corrected chi connectivity index (χ1v) is 6.54. The largest absolute Gasteiger partial charge is 0.290 e. The number of hydrazone groups is 1. The zero-order valence-corrected chi connectivity index (χ0v) is 11.3. The maximum Gasteiger partial charge on any atom is 0.290 e. The third kappa shape index (κ3) is 3.07. The quantitative estimate of drug-likeness (QED) is 0.699. The first-order chi connectivity index (χ1) is 8.68. The number of thiazole rings is 1. The van der Waals surface area contributed by atoms with Gasteiger partial charge in [0.05, 0.1) is 21.8 Å². The molecular formula is C11H7Cl2N3OS. The van der Waals surface area contributed by atoms with Gasteiger partial charge in [0.1, 0.15) is 5.69 Å². The zero-order valence-electron chi connectivity index (χ0n) is 8.93. The molecule has 0 atom stereocenters. The van der Waals surface area contributed by atoms with E-state index >= 15 is 0 Å². The Morgan fingerprint density at radius 2 is 2.11 bits per heavy atom. The van der Waals surface area contributed by atoms with Gasteiger partial charge >= 0.3 is 0 Å². The van der Waals surface area contributed by atoms with E-state index in [1.54, 1.807) is 29.1 Å². The van der Waals surface area contributed by atoms with Crippen molar-refractivity contribution in [2.45, 2.75) is 0 Å². The number of carbonyl (C=O) groups excluding carboxylic acids is 1. The number of benzene rings is 1. The van der Waals surface area contributed by atoms with Crippen LogP contribution in [-0.2, 0) is 0 Å². The molecule has 7 heteroatoms. The molecule has 2 rings (SSSR count). The molecule has 0 aliphatic carbocycles. The van der Waals surface area contributed by atoms with Crippen molar-refractivity contribution >= 4 is 46.7 Å². The van der Waals surface area contributed by atoms with Crippen molar-refractivity contribution in [2.75, 3.05) is 0 Å². The highest BCUT2D eigenvalue weighted by Crippen LogP contribution is 2.21. The lowest BCUT2D eigenvalue weighted by Crippen LogP contribution is -2.17. The fourth-order valence-electron chi connectivity index (χ4n) is 1.17. The van der Waals surface area contributed by atoms with Crippen LogP contribution < -0.4 is 5.43 Å². The highest BCUT2D eigenvalue weighted by molar-refractivity contribution is 7.07. The first kappa shape index (κ1) is 13.0. The summed E-state index contributed by atoms with van der Waals surface area (Å²) in [6.07, 6.45) is 1.40. The zero-order chi connectivity index (χ0) is 13.0. The molecule has 1 N–H and O–H groups in total. The van der Waals surface area contributed by atoms with E-state index < -0.39 is 0 Å². The number of amides is 1. The van der Waals surface area contributed by atoms with Crippen LogP contribution in [0.3, 0.4) is 0 Å². The van der Waals surface area contributed by atoms with Crippen LogP contribution in [0, 0.1) is 0 Å². The summed E-state index contributed by atoms with van der Waals surface area (Å²) in [5.74, 6) is -0.379. The predicted molar refractivity (Wildman–Crippen MR) is 73.6 cm³/mol. The van der Waals surface area contributed by atoms with Crippen LogP contribution in [0.15, 0.2) is 34.2 Å². The van der Waals surface area contributed by atoms with Gasteiger partial charge in [-0.05, 0) is 12.1 Å². The van der Waals surface area contributed by atoms with Crippen molar-refractivity contribution in [3.05, 3.63) is 50.4 Å². The minimum absolute atomic E-state index is 0.322. The van der Waals surface area contributed by atoms with Crippen LogP contribution in [0.25, 0.3) is 0 Å². The lowest BCUT2D eigenvalue weighted by molar-refractivity contribution is 0.0951. The average Bonchev–Trinajstić information content (AvgIpc) is 2.86. The summed E-state index contributed by atoms with van der Waals surface area (Å²) in [6.45, 7) is 0. The van der Waals surface area contributed by atoms with Crippen LogP contribution in [0.2, 0.25) is 10.0 Å². The van der Waals surface area contributed by atoms with E-state index in [1.807, 2.05) is 0 Å². The number of nitrogens with one attached hydrogen (secondary N) is 1. The average molecular weight is 300 g/mol. The molecule has 0 aliphatic heterocycles. The van der Waals surface area contributed by atoms with Gasteiger partial charge in [-0.25, -0.2) is 10.4 Å². The van der Waals surface area contributed by atoms with Gasteiger partial charge in [-0.15, -0.1) is 11.3 Å². The second kappa shape index (κ2) is 5.95. The van der Waals surface area contributed by atoms with E-state index in [0.29, 0.717) is 21.3 Å². The van der Waals surface area contributed by atoms with Crippen molar-refractivity contribution in [3.8, 4) is 0 Å². The minimum atomic E-state index is -0.379. The third-order valence-corrected chi connectivity index (χ3v) is 3.27. The van der Waals surface area contributed by atoms with Gasteiger partial charge < -0.3 is 0 Å². The van der Waals surface area contributed by atoms with Crippen molar-refractivity contribution in [2.24, 2.45) is 5.10 Å². The number of aromatic nitrogens is 1. The normalized spacial score (nSPS) is 10.8. The van der Waals surface area contributed by atoms with E-state index in [4.69, 9.17) is 23.2 Å². The molecule has 0 saturated heterocycles. The molecule has 0 radical (unpaired) electrons. The third-order valence-electron chi connectivity index (χ3n) is 2.02. The maximum absolute atomic E-state index is 11.5. The Morgan fingerprint density at radius 1 is 1.39 bits per heavy atom. The maximum atomic E-state index is 11.5. The summed E-state index contributed by atoms with van der Waals surface area (Å²) in [6, 6.07) is 5.12. The van der Waals surface area contributed by atoms with Crippen LogP contribution in [-0.4, -0.2) is 17.1 Å². The molecule has 1 amide bonds. The number of hydrogen-bond acceptors (Lipinski definition) is 4. The Labute approximate surface area is 117 Å². The van der Waals surface area contributed by atoms with Crippen LogP contribution in [0.5, 0.6) is 0 Å². The highest BCUT2D eigenvalue weighted by atomic mass is 35.5. The number of rotatable bonds is 3. The second-order valence-electron chi connectivity index (χ2n) is 3.21. The van der Waals surface area contributed by atoms with Gasteiger partial charge in [-0.3, -0.25) is 4.79 Å². The molecule has 0 unspecified atom stereocenters. The van der Waals surface area contributed by atoms with Crippen LogP contribution in [0.1, 0.15) is 16.1 Å². The molecule has 2 aromatic rings. The summed E-state index contributed by atoms with van der Waals surface area (Å²) >= 11 is 13.2. The topological polar surface area (TPSA) is 54.4 Å². The smallest absolute Gasteiger partial charge is 0.266 e. The van der Waals surface area contributed by atoms with Gasteiger partial charge in [-0.2, -0.15) is 5.10 Å².